The van der Waals surface area contributed by atoms with Gasteiger partial charge in [0.25, 0.3) is 5.91 Å². The lowest BCUT2D eigenvalue weighted by atomic mass is 10.1. The number of hydrogen-bond donors (Lipinski definition) is 1. The van der Waals surface area contributed by atoms with Crippen LogP contribution in [0.4, 0.5) is 4.39 Å². The molecular formula is C26H34ClFN4O2. The number of hydrogen-bond acceptors (Lipinski definition) is 5. The van der Waals surface area contributed by atoms with Crippen molar-refractivity contribution in [2.75, 3.05) is 32.7 Å². The Labute approximate surface area is 206 Å². The highest BCUT2D eigenvalue weighted by molar-refractivity contribution is 6.31. The van der Waals surface area contributed by atoms with Gasteiger partial charge in [0, 0.05) is 37.9 Å². The average molecular weight is 489 g/mol. The minimum absolute atomic E-state index is 0.0102. The molecule has 0 aliphatic carbocycles. The van der Waals surface area contributed by atoms with Crippen LogP contribution in [0, 0.1) is 5.82 Å². The fraction of sp³-hybridized carbons (Fsp3) is 0.500. The zero-order valence-corrected chi connectivity index (χ0v) is 21.0. The maximum Gasteiger partial charge on any atom is 0.257 e. The number of carbonyl (C=O) groups excluding carboxylic acids is 1. The molecule has 0 radical (unpaired) electrons. The van der Waals surface area contributed by atoms with Crippen molar-refractivity contribution in [1.82, 2.24) is 20.2 Å². The molecule has 0 aromatic heterocycles. The van der Waals surface area contributed by atoms with Gasteiger partial charge in [-0.15, -0.1) is 0 Å². The van der Waals surface area contributed by atoms with Crippen molar-refractivity contribution >= 4 is 17.5 Å². The Balaban J connectivity index is 1.47. The number of carbonyl (C=O) groups is 1. The number of allylic oxidation sites excluding steroid dienone is 4. The first kappa shape index (κ1) is 24.8. The van der Waals surface area contributed by atoms with Gasteiger partial charge in [-0.05, 0) is 63.4 Å². The summed E-state index contributed by atoms with van der Waals surface area (Å²) in [6.45, 7) is 13.9. The zero-order valence-electron chi connectivity index (χ0n) is 20.2. The third kappa shape index (κ3) is 5.02. The fourth-order valence-corrected chi connectivity index (χ4v) is 5.12. The molecule has 3 heterocycles. The highest BCUT2D eigenvalue weighted by Gasteiger charge is 2.39. The van der Waals surface area contributed by atoms with E-state index in [1.54, 1.807) is 17.0 Å². The number of rotatable bonds is 7. The molecule has 8 heteroatoms. The Kier molecular flexibility index (Phi) is 7.65. The Morgan fingerprint density at radius 2 is 2.09 bits per heavy atom. The SMILES string of the molecule is C=C/C(Cl)=C(/C)N1NC2CN(C(=O)c3ccc(F)cc3OC3CCN(CCC)CC3)CC2=C1C. The van der Waals surface area contributed by atoms with Gasteiger partial charge in [0.05, 0.1) is 22.3 Å². The number of halogens is 2. The molecule has 0 spiro atoms. The summed E-state index contributed by atoms with van der Waals surface area (Å²) in [6, 6.07) is 4.24. The second-order valence-corrected chi connectivity index (χ2v) is 9.66. The molecule has 1 aromatic carbocycles. The van der Waals surface area contributed by atoms with E-state index < -0.39 is 5.82 Å². The molecule has 34 heavy (non-hydrogen) atoms. The number of fused-ring (bicyclic) bond motifs is 1. The topological polar surface area (TPSA) is 48.1 Å². The van der Waals surface area contributed by atoms with Crippen LogP contribution >= 0.6 is 11.6 Å². The number of piperidine rings is 1. The van der Waals surface area contributed by atoms with Crippen molar-refractivity contribution in [3.8, 4) is 5.75 Å². The van der Waals surface area contributed by atoms with Crippen LogP contribution in [0.15, 0.2) is 52.9 Å². The average Bonchev–Trinajstić information content (AvgIpc) is 3.38. The van der Waals surface area contributed by atoms with Crippen LogP contribution < -0.4 is 10.2 Å². The van der Waals surface area contributed by atoms with Crippen molar-refractivity contribution in [2.45, 2.75) is 52.2 Å². The molecule has 1 atom stereocenters. The van der Waals surface area contributed by atoms with Gasteiger partial charge in [0.1, 0.15) is 17.7 Å². The first-order valence-corrected chi connectivity index (χ1v) is 12.4. The number of nitrogens with zero attached hydrogens (tertiary/aromatic N) is 3. The Morgan fingerprint density at radius 1 is 1.35 bits per heavy atom. The van der Waals surface area contributed by atoms with E-state index in [-0.39, 0.29) is 18.1 Å². The third-order valence-corrected chi connectivity index (χ3v) is 7.39. The summed E-state index contributed by atoms with van der Waals surface area (Å²) in [6.07, 6.45) is 4.49. The van der Waals surface area contributed by atoms with Gasteiger partial charge >= 0.3 is 0 Å². The smallest absolute Gasteiger partial charge is 0.257 e. The number of nitrogens with one attached hydrogen (secondary N) is 1. The van der Waals surface area contributed by atoms with E-state index in [1.807, 2.05) is 18.9 Å². The maximum atomic E-state index is 14.1. The molecule has 2 fully saturated rings. The molecule has 3 aliphatic heterocycles. The monoisotopic (exact) mass is 488 g/mol. The first-order chi connectivity index (χ1) is 16.3. The summed E-state index contributed by atoms with van der Waals surface area (Å²) >= 11 is 6.26. The molecule has 0 saturated carbocycles. The van der Waals surface area contributed by atoms with Crippen molar-refractivity contribution in [3.05, 3.63) is 64.2 Å². The van der Waals surface area contributed by atoms with Crippen molar-refractivity contribution < 1.29 is 13.9 Å². The number of hydrazine groups is 1. The molecule has 184 valence electrons. The predicted octanol–water partition coefficient (Wildman–Crippen LogP) is 4.65. The molecule has 3 aliphatic rings. The Bertz CT molecular complexity index is 1020. The van der Waals surface area contributed by atoms with Crippen LogP contribution in [-0.4, -0.2) is 65.6 Å². The first-order valence-electron chi connectivity index (χ1n) is 12.0. The number of benzene rings is 1. The molecule has 4 rings (SSSR count). The fourth-order valence-electron chi connectivity index (χ4n) is 5.04. The highest BCUT2D eigenvalue weighted by Crippen LogP contribution is 2.33. The number of ether oxygens (including phenoxy) is 1. The summed E-state index contributed by atoms with van der Waals surface area (Å²) in [7, 11) is 0. The lowest BCUT2D eigenvalue weighted by Crippen LogP contribution is -2.41. The van der Waals surface area contributed by atoms with E-state index in [0.29, 0.717) is 29.4 Å². The largest absolute Gasteiger partial charge is 0.489 e. The summed E-state index contributed by atoms with van der Waals surface area (Å²) in [4.78, 5) is 17.7. The second-order valence-electron chi connectivity index (χ2n) is 9.25. The standard InChI is InChI=1S/C26H34ClFN4O2/c1-5-11-30-12-9-20(10-13-30)34-25-14-19(28)7-8-21(25)26(33)31-15-22-17(3)32(29-24(22)16-31)18(4)23(27)6-2/h6-8,14,20,24,29H,2,5,9-13,15-16H2,1,3-4H3/b23-18+. The highest BCUT2D eigenvalue weighted by atomic mass is 35.5. The number of likely N-dealkylation sites (tertiary alicyclic amines) is 2. The van der Waals surface area contributed by atoms with Crippen LogP contribution in [0.25, 0.3) is 0 Å². The minimum Gasteiger partial charge on any atom is -0.489 e. The predicted molar refractivity (Wildman–Crippen MR) is 133 cm³/mol. The summed E-state index contributed by atoms with van der Waals surface area (Å²) in [5.74, 6) is -0.198. The molecule has 6 nitrogen and oxygen atoms in total. The summed E-state index contributed by atoms with van der Waals surface area (Å²) in [5.41, 5.74) is 6.90. The zero-order chi connectivity index (χ0) is 24.4. The quantitative estimate of drug-likeness (QED) is 0.566. The molecule has 2 saturated heterocycles. The lowest BCUT2D eigenvalue weighted by Gasteiger charge is -2.32. The Morgan fingerprint density at radius 3 is 2.74 bits per heavy atom. The van der Waals surface area contributed by atoms with Gasteiger partial charge in [-0.25, -0.2) is 9.82 Å². The lowest BCUT2D eigenvalue weighted by molar-refractivity contribution is 0.0760. The van der Waals surface area contributed by atoms with E-state index in [4.69, 9.17) is 16.3 Å². The molecule has 0 bridgehead atoms. The molecular weight excluding hydrogens is 455 g/mol. The summed E-state index contributed by atoms with van der Waals surface area (Å²) < 4.78 is 20.3. The van der Waals surface area contributed by atoms with Crippen molar-refractivity contribution in [3.63, 3.8) is 0 Å². The normalized spacial score (nSPS) is 22.2. The van der Waals surface area contributed by atoms with E-state index in [9.17, 15) is 9.18 Å². The van der Waals surface area contributed by atoms with E-state index in [0.717, 1.165) is 55.9 Å². The molecule has 1 aromatic rings. The van der Waals surface area contributed by atoms with Crippen molar-refractivity contribution in [1.29, 1.82) is 0 Å². The second kappa shape index (κ2) is 10.5. The van der Waals surface area contributed by atoms with Crippen LogP contribution in [0.5, 0.6) is 5.75 Å². The van der Waals surface area contributed by atoms with Crippen LogP contribution in [0.2, 0.25) is 0 Å². The Hall–Kier alpha value is -2.35. The molecule has 1 unspecified atom stereocenters. The molecule has 1 N–H and O–H groups in total. The van der Waals surface area contributed by atoms with Gasteiger partial charge in [-0.2, -0.15) is 0 Å². The van der Waals surface area contributed by atoms with Gasteiger partial charge in [0.15, 0.2) is 0 Å². The van der Waals surface area contributed by atoms with Gasteiger partial charge < -0.3 is 14.5 Å². The van der Waals surface area contributed by atoms with Gasteiger partial charge in [0.2, 0.25) is 0 Å². The third-order valence-electron chi connectivity index (χ3n) is 6.96. The van der Waals surface area contributed by atoms with Crippen LogP contribution in [0.1, 0.15) is 50.4 Å². The van der Waals surface area contributed by atoms with Crippen LogP contribution in [0.3, 0.4) is 0 Å². The molecule has 1 amide bonds. The van der Waals surface area contributed by atoms with Crippen LogP contribution in [-0.2, 0) is 0 Å². The van der Waals surface area contributed by atoms with E-state index in [2.05, 4.69) is 23.8 Å². The van der Waals surface area contributed by atoms with Gasteiger partial charge in [-0.1, -0.05) is 25.1 Å². The van der Waals surface area contributed by atoms with Crippen molar-refractivity contribution in [2.24, 2.45) is 0 Å². The maximum absolute atomic E-state index is 14.1. The number of amides is 1. The summed E-state index contributed by atoms with van der Waals surface area (Å²) in [5, 5.41) is 2.54. The van der Waals surface area contributed by atoms with E-state index >= 15 is 0 Å². The minimum atomic E-state index is -0.398. The van der Waals surface area contributed by atoms with E-state index in [1.165, 1.54) is 12.1 Å². The van der Waals surface area contributed by atoms with Gasteiger partial charge in [-0.3, -0.25) is 9.80 Å².